The van der Waals surface area contributed by atoms with E-state index in [2.05, 4.69) is 0 Å². The molecule has 0 bridgehead atoms. The third-order valence-corrected chi connectivity index (χ3v) is 9.49. The van der Waals surface area contributed by atoms with Gasteiger partial charge in [0.05, 0.1) is 10.5 Å². The number of sulfonamides is 1. The lowest BCUT2D eigenvalue weighted by Crippen LogP contribution is -2.40. The fraction of sp³-hybridized carbons (Fsp3) is 0.429. The second-order valence-electron chi connectivity index (χ2n) is 10.3. The van der Waals surface area contributed by atoms with E-state index in [-0.39, 0.29) is 34.1 Å². The first kappa shape index (κ1) is 27.4. The summed E-state index contributed by atoms with van der Waals surface area (Å²) in [7, 11) is -3.70. The Balaban J connectivity index is 1.24. The summed E-state index contributed by atoms with van der Waals surface area (Å²) in [5, 5.41) is -0.204. The number of benzene rings is 2. The Hall–Kier alpha value is -3.18. The van der Waals surface area contributed by atoms with Crippen molar-refractivity contribution < 1.29 is 30.8 Å². The molecular weight excluding hydrogens is 533 g/mol. The summed E-state index contributed by atoms with van der Waals surface area (Å²) in [6.45, 7) is 2.35. The van der Waals surface area contributed by atoms with E-state index < -0.39 is 27.4 Å². The number of halogens is 3. The van der Waals surface area contributed by atoms with E-state index >= 15 is 0 Å². The van der Waals surface area contributed by atoms with E-state index in [1.165, 1.54) is 28.6 Å². The number of piperidine rings is 1. The molecule has 0 N–H and O–H groups in total. The lowest BCUT2D eigenvalue weighted by atomic mass is 9.94. The van der Waals surface area contributed by atoms with Crippen LogP contribution in [0.1, 0.15) is 48.8 Å². The molecule has 208 valence electrons. The lowest BCUT2D eigenvalue weighted by Gasteiger charge is -2.31. The number of carbonyl (C=O) groups is 1. The van der Waals surface area contributed by atoms with Gasteiger partial charge in [0.2, 0.25) is 15.9 Å². The number of hydrogen-bond acceptors (Lipinski definition) is 5. The van der Waals surface area contributed by atoms with Crippen molar-refractivity contribution in [1.82, 2.24) is 9.21 Å². The van der Waals surface area contributed by atoms with E-state index in [0.29, 0.717) is 44.0 Å². The Labute approximate surface area is 224 Å². The molecule has 0 aliphatic carbocycles. The zero-order chi connectivity index (χ0) is 27.8. The molecule has 2 saturated heterocycles. The van der Waals surface area contributed by atoms with Crippen LogP contribution in [-0.2, 0) is 27.4 Å². The summed E-state index contributed by atoms with van der Waals surface area (Å²) in [4.78, 5) is 26.0. The largest absolute Gasteiger partial charge is 0.423 e. The molecule has 2 aromatic carbocycles. The van der Waals surface area contributed by atoms with Crippen LogP contribution in [-0.4, -0.2) is 49.7 Å². The highest BCUT2D eigenvalue weighted by molar-refractivity contribution is 7.89. The van der Waals surface area contributed by atoms with Crippen LogP contribution in [0.5, 0.6) is 0 Å². The highest BCUT2D eigenvalue weighted by Crippen LogP contribution is 2.34. The molecule has 3 aromatic rings. The maximum atomic E-state index is 13.4. The summed E-state index contributed by atoms with van der Waals surface area (Å²) in [5.41, 5.74) is -0.994. The van der Waals surface area contributed by atoms with Gasteiger partial charge in [0.25, 0.3) is 0 Å². The predicted octanol–water partition coefficient (Wildman–Crippen LogP) is 4.82. The first-order valence-electron chi connectivity index (χ1n) is 13.0. The first-order valence-corrected chi connectivity index (χ1v) is 14.5. The van der Waals surface area contributed by atoms with Crippen molar-refractivity contribution in [3.8, 4) is 0 Å². The standard InChI is InChI=1S/C28H29F3N2O5S/c29-28(30,31)24-18-27(35)38-25-8-5-21(16-23(24)25)15-19-3-6-22(7-4-19)39(36,37)33-13-9-20(10-14-33)17-26(34)32-11-1-2-12-32/h3-8,16,18,20H,1-2,9-15,17H2. The van der Waals surface area contributed by atoms with Crippen molar-refractivity contribution in [3.05, 3.63) is 75.6 Å². The zero-order valence-corrected chi connectivity index (χ0v) is 22.1. The minimum absolute atomic E-state index is 0.149. The summed E-state index contributed by atoms with van der Waals surface area (Å²) < 4.78 is 73.1. The van der Waals surface area contributed by atoms with E-state index in [1.54, 1.807) is 18.2 Å². The van der Waals surface area contributed by atoms with Crippen LogP contribution in [0.25, 0.3) is 11.0 Å². The SMILES string of the molecule is O=C(CC1CCN(S(=O)(=O)c2ccc(Cc3ccc4oc(=O)cc(C(F)(F)F)c4c3)cc2)CC1)N1CCCC1. The quantitative estimate of drug-likeness (QED) is 0.402. The molecule has 2 fully saturated rings. The number of rotatable bonds is 6. The molecule has 0 saturated carbocycles. The van der Waals surface area contributed by atoms with Gasteiger partial charge >= 0.3 is 11.8 Å². The number of carbonyl (C=O) groups excluding carboxylic acids is 1. The molecule has 39 heavy (non-hydrogen) atoms. The smallest absolute Gasteiger partial charge is 0.417 e. The van der Waals surface area contributed by atoms with E-state index in [0.717, 1.165) is 31.5 Å². The minimum atomic E-state index is -4.71. The molecule has 1 amide bonds. The monoisotopic (exact) mass is 562 g/mol. The molecule has 3 heterocycles. The average molecular weight is 563 g/mol. The average Bonchev–Trinajstić information content (AvgIpc) is 3.44. The van der Waals surface area contributed by atoms with Gasteiger partial charge in [-0.1, -0.05) is 18.2 Å². The summed E-state index contributed by atoms with van der Waals surface area (Å²) >= 11 is 0. The van der Waals surface area contributed by atoms with Crippen molar-refractivity contribution in [2.45, 2.75) is 49.6 Å². The Morgan fingerprint density at radius 1 is 0.923 bits per heavy atom. The number of likely N-dealkylation sites (tertiary alicyclic amines) is 1. The molecule has 1 aromatic heterocycles. The van der Waals surface area contributed by atoms with Gasteiger partial charge in [-0.2, -0.15) is 17.5 Å². The van der Waals surface area contributed by atoms with Crippen molar-refractivity contribution in [3.63, 3.8) is 0 Å². The molecule has 2 aliphatic rings. The van der Waals surface area contributed by atoms with Crippen molar-refractivity contribution >= 4 is 26.9 Å². The molecule has 2 aliphatic heterocycles. The van der Waals surface area contributed by atoms with Gasteiger partial charge in [-0.25, -0.2) is 13.2 Å². The summed E-state index contributed by atoms with van der Waals surface area (Å²) in [5.74, 6) is 0.342. The summed E-state index contributed by atoms with van der Waals surface area (Å²) in [6.07, 6.45) is -0.612. The van der Waals surface area contributed by atoms with Crippen LogP contribution < -0.4 is 5.63 Å². The van der Waals surface area contributed by atoms with Crippen LogP contribution in [0.15, 0.2) is 62.6 Å². The molecule has 5 rings (SSSR count). The number of hydrogen-bond donors (Lipinski definition) is 0. The highest BCUT2D eigenvalue weighted by Gasteiger charge is 2.34. The second kappa shape index (κ2) is 10.8. The van der Waals surface area contributed by atoms with Crippen molar-refractivity contribution in [2.24, 2.45) is 5.92 Å². The van der Waals surface area contributed by atoms with E-state index in [9.17, 15) is 31.2 Å². The second-order valence-corrected chi connectivity index (χ2v) is 12.2. The molecule has 7 nitrogen and oxygen atoms in total. The van der Waals surface area contributed by atoms with Crippen molar-refractivity contribution in [2.75, 3.05) is 26.2 Å². The lowest BCUT2D eigenvalue weighted by molar-refractivity contribution is -0.136. The topological polar surface area (TPSA) is 87.9 Å². The summed E-state index contributed by atoms with van der Waals surface area (Å²) in [6, 6.07) is 11.0. The molecule has 0 spiro atoms. The number of alkyl halides is 3. The van der Waals surface area contributed by atoms with Crippen LogP contribution in [0.2, 0.25) is 0 Å². The third-order valence-electron chi connectivity index (χ3n) is 7.58. The van der Waals surface area contributed by atoms with Gasteiger partial charge in [-0.15, -0.1) is 0 Å². The van der Waals surface area contributed by atoms with Gasteiger partial charge in [0, 0.05) is 44.1 Å². The van der Waals surface area contributed by atoms with Gasteiger partial charge < -0.3 is 9.32 Å². The maximum absolute atomic E-state index is 13.4. The maximum Gasteiger partial charge on any atom is 0.417 e. The van der Waals surface area contributed by atoms with Crippen LogP contribution in [0.3, 0.4) is 0 Å². The Kier molecular flexibility index (Phi) is 7.56. The van der Waals surface area contributed by atoms with Gasteiger partial charge in [0.1, 0.15) is 5.58 Å². The third kappa shape index (κ3) is 6.04. The van der Waals surface area contributed by atoms with E-state index in [4.69, 9.17) is 4.42 Å². The Morgan fingerprint density at radius 2 is 1.56 bits per heavy atom. The number of nitrogens with zero attached hydrogens (tertiary/aromatic N) is 2. The zero-order valence-electron chi connectivity index (χ0n) is 21.2. The van der Waals surface area contributed by atoms with Crippen LogP contribution in [0, 0.1) is 5.92 Å². The molecule has 0 atom stereocenters. The van der Waals surface area contributed by atoms with Gasteiger partial charge in [0.15, 0.2) is 0 Å². The normalized spacial score (nSPS) is 17.7. The van der Waals surface area contributed by atoms with Crippen molar-refractivity contribution in [1.29, 1.82) is 0 Å². The number of fused-ring (bicyclic) bond motifs is 1. The molecule has 11 heteroatoms. The fourth-order valence-electron chi connectivity index (χ4n) is 5.41. The van der Waals surface area contributed by atoms with Crippen LogP contribution in [0.4, 0.5) is 13.2 Å². The predicted molar refractivity (Wildman–Crippen MR) is 139 cm³/mol. The highest BCUT2D eigenvalue weighted by atomic mass is 32.2. The molecule has 0 unspecified atom stereocenters. The molecular formula is C28H29F3N2O5S. The number of amides is 1. The Morgan fingerprint density at radius 3 is 2.21 bits per heavy atom. The van der Waals surface area contributed by atoms with E-state index in [1.807, 2.05) is 4.90 Å². The first-order chi connectivity index (χ1) is 18.5. The molecule has 0 radical (unpaired) electrons. The van der Waals surface area contributed by atoms with Gasteiger partial charge in [-0.3, -0.25) is 4.79 Å². The van der Waals surface area contributed by atoms with Gasteiger partial charge in [-0.05, 0) is 73.4 Å². The minimum Gasteiger partial charge on any atom is -0.423 e. The van der Waals surface area contributed by atoms with Crippen LogP contribution >= 0.6 is 0 Å². The fourth-order valence-corrected chi connectivity index (χ4v) is 6.88. The Bertz CT molecular complexity index is 1520.